The Morgan fingerprint density at radius 2 is 2.09 bits per heavy atom. The highest BCUT2D eigenvalue weighted by atomic mass is 19.2. The van der Waals surface area contributed by atoms with Crippen molar-refractivity contribution in [1.82, 2.24) is 0 Å². The number of ether oxygens (including phenoxy) is 1. The van der Waals surface area contributed by atoms with Crippen LogP contribution in [0, 0.1) is 5.92 Å². The van der Waals surface area contributed by atoms with Gasteiger partial charge in [-0.3, -0.25) is 0 Å². The van der Waals surface area contributed by atoms with E-state index in [4.69, 9.17) is 4.74 Å². The summed E-state index contributed by atoms with van der Waals surface area (Å²) in [7, 11) is 1.52. The molecule has 3 unspecified atom stereocenters. The average Bonchev–Trinajstić information content (AvgIpc) is 1.99. The summed E-state index contributed by atoms with van der Waals surface area (Å²) in [5, 5.41) is 0. The van der Waals surface area contributed by atoms with Gasteiger partial charge in [-0.2, -0.15) is 0 Å². The number of rotatable bonds is 2. The average molecular weight is 164 g/mol. The summed E-state index contributed by atoms with van der Waals surface area (Å²) in [5.74, 6) is -0.219. The number of halogens is 2. The predicted octanol–water partition coefficient (Wildman–Crippen LogP) is 2.11. The zero-order chi connectivity index (χ0) is 8.27. The Labute approximate surface area is 65.7 Å². The fourth-order valence-corrected chi connectivity index (χ4v) is 1.58. The van der Waals surface area contributed by atoms with Crippen LogP contribution in [0.15, 0.2) is 0 Å². The largest absolute Gasteiger partial charge is 0.384 e. The topological polar surface area (TPSA) is 9.23 Å². The molecule has 0 saturated heterocycles. The van der Waals surface area contributed by atoms with Crippen molar-refractivity contribution in [2.24, 2.45) is 5.92 Å². The molecule has 0 heterocycles. The molecule has 0 aromatic rings. The predicted molar refractivity (Wildman–Crippen MR) is 39.0 cm³/mol. The summed E-state index contributed by atoms with van der Waals surface area (Å²) < 4.78 is 30.5. The SMILES string of the molecule is COCC1CCCC(F)C1F. The molecule has 1 fully saturated rings. The molecular formula is C8H14F2O. The van der Waals surface area contributed by atoms with Crippen molar-refractivity contribution in [3.63, 3.8) is 0 Å². The summed E-state index contributed by atoms with van der Waals surface area (Å²) in [6, 6.07) is 0. The van der Waals surface area contributed by atoms with Crippen LogP contribution in [-0.2, 0) is 4.74 Å². The summed E-state index contributed by atoms with van der Waals surface area (Å²) in [5.41, 5.74) is 0. The summed E-state index contributed by atoms with van der Waals surface area (Å²) >= 11 is 0. The lowest BCUT2D eigenvalue weighted by molar-refractivity contribution is 0.0216. The van der Waals surface area contributed by atoms with Gasteiger partial charge in [0.1, 0.15) is 12.3 Å². The molecule has 1 nitrogen and oxygen atoms in total. The fraction of sp³-hybridized carbons (Fsp3) is 1.00. The molecule has 11 heavy (non-hydrogen) atoms. The van der Waals surface area contributed by atoms with Crippen LogP contribution >= 0.6 is 0 Å². The van der Waals surface area contributed by atoms with Gasteiger partial charge in [-0.25, -0.2) is 8.78 Å². The molecule has 0 N–H and O–H groups in total. The van der Waals surface area contributed by atoms with Gasteiger partial charge in [-0.15, -0.1) is 0 Å². The molecule has 0 spiro atoms. The minimum absolute atomic E-state index is 0.219. The van der Waals surface area contributed by atoms with Crippen molar-refractivity contribution >= 4 is 0 Å². The molecule has 0 radical (unpaired) electrons. The summed E-state index contributed by atoms with van der Waals surface area (Å²) in [6.07, 6.45) is -0.639. The Kier molecular flexibility index (Phi) is 3.24. The van der Waals surface area contributed by atoms with Gasteiger partial charge in [0, 0.05) is 13.0 Å². The van der Waals surface area contributed by atoms with Crippen LogP contribution in [0.2, 0.25) is 0 Å². The van der Waals surface area contributed by atoms with E-state index >= 15 is 0 Å². The Hall–Kier alpha value is -0.180. The van der Waals surface area contributed by atoms with Crippen LogP contribution in [0.4, 0.5) is 8.78 Å². The Bertz CT molecular complexity index is 117. The van der Waals surface area contributed by atoms with Gasteiger partial charge in [-0.05, 0) is 19.3 Å². The molecule has 3 atom stereocenters. The van der Waals surface area contributed by atoms with Crippen molar-refractivity contribution in [2.45, 2.75) is 31.6 Å². The van der Waals surface area contributed by atoms with Crippen LogP contribution in [0.1, 0.15) is 19.3 Å². The standard InChI is InChI=1S/C8H14F2O/c1-11-5-6-3-2-4-7(9)8(6)10/h6-8H,2-5H2,1H3. The van der Waals surface area contributed by atoms with Crippen LogP contribution < -0.4 is 0 Å². The second-order valence-corrected chi connectivity index (χ2v) is 3.11. The molecule has 1 aliphatic carbocycles. The molecule has 1 aliphatic rings. The first-order chi connectivity index (χ1) is 5.25. The highest BCUT2D eigenvalue weighted by Crippen LogP contribution is 2.29. The highest BCUT2D eigenvalue weighted by molar-refractivity contribution is 4.81. The van der Waals surface area contributed by atoms with E-state index in [0.717, 1.165) is 12.8 Å². The van der Waals surface area contributed by atoms with Gasteiger partial charge in [0.25, 0.3) is 0 Å². The molecular weight excluding hydrogens is 150 g/mol. The number of hydrogen-bond donors (Lipinski definition) is 0. The smallest absolute Gasteiger partial charge is 0.136 e. The Balaban J connectivity index is 2.38. The van der Waals surface area contributed by atoms with Crippen LogP contribution in [0.5, 0.6) is 0 Å². The van der Waals surface area contributed by atoms with E-state index in [-0.39, 0.29) is 5.92 Å². The first-order valence-electron chi connectivity index (χ1n) is 4.02. The van der Waals surface area contributed by atoms with Gasteiger partial charge >= 0.3 is 0 Å². The molecule has 0 aliphatic heterocycles. The minimum atomic E-state index is -1.30. The van der Waals surface area contributed by atoms with Crippen molar-refractivity contribution in [1.29, 1.82) is 0 Å². The van der Waals surface area contributed by atoms with Crippen LogP contribution in [0.25, 0.3) is 0 Å². The zero-order valence-electron chi connectivity index (χ0n) is 6.72. The van der Waals surface area contributed by atoms with Gasteiger partial charge in [-0.1, -0.05) is 0 Å². The maximum absolute atomic E-state index is 13.0. The summed E-state index contributed by atoms with van der Waals surface area (Å²) in [4.78, 5) is 0. The van der Waals surface area contributed by atoms with Gasteiger partial charge < -0.3 is 4.74 Å². The zero-order valence-corrected chi connectivity index (χ0v) is 6.72. The third kappa shape index (κ3) is 2.12. The second kappa shape index (κ2) is 4.00. The van der Waals surface area contributed by atoms with Crippen molar-refractivity contribution in [3.05, 3.63) is 0 Å². The normalized spacial score (nSPS) is 39.0. The van der Waals surface area contributed by atoms with E-state index in [1.165, 1.54) is 7.11 Å². The third-order valence-corrected chi connectivity index (χ3v) is 2.23. The van der Waals surface area contributed by atoms with E-state index in [0.29, 0.717) is 13.0 Å². The Morgan fingerprint density at radius 1 is 1.36 bits per heavy atom. The molecule has 1 saturated carbocycles. The van der Waals surface area contributed by atoms with Gasteiger partial charge in [0.2, 0.25) is 0 Å². The molecule has 1 rings (SSSR count). The lowest BCUT2D eigenvalue weighted by atomic mass is 9.87. The number of methoxy groups -OCH3 is 1. The third-order valence-electron chi connectivity index (χ3n) is 2.23. The first-order valence-corrected chi connectivity index (χ1v) is 4.02. The number of alkyl halides is 2. The van der Waals surface area contributed by atoms with E-state index in [9.17, 15) is 8.78 Å². The van der Waals surface area contributed by atoms with E-state index < -0.39 is 12.3 Å². The second-order valence-electron chi connectivity index (χ2n) is 3.11. The number of hydrogen-bond acceptors (Lipinski definition) is 1. The molecule has 0 aromatic carbocycles. The van der Waals surface area contributed by atoms with E-state index in [1.54, 1.807) is 0 Å². The molecule has 66 valence electrons. The lowest BCUT2D eigenvalue weighted by Crippen LogP contribution is -2.33. The fourth-order valence-electron chi connectivity index (χ4n) is 1.58. The summed E-state index contributed by atoms with van der Waals surface area (Å²) in [6.45, 7) is 0.349. The molecule has 0 aromatic heterocycles. The van der Waals surface area contributed by atoms with E-state index in [1.807, 2.05) is 0 Å². The molecule has 0 bridgehead atoms. The maximum Gasteiger partial charge on any atom is 0.136 e. The van der Waals surface area contributed by atoms with Crippen molar-refractivity contribution < 1.29 is 13.5 Å². The molecule has 0 amide bonds. The van der Waals surface area contributed by atoms with Crippen molar-refractivity contribution in [2.75, 3.05) is 13.7 Å². The first kappa shape index (κ1) is 8.91. The quantitative estimate of drug-likeness (QED) is 0.607. The monoisotopic (exact) mass is 164 g/mol. The van der Waals surface area contributed by atoms with Crippen LogP contribution in [-0.4, -0.2) is 26.1 Å². The van der Waals surface area contributed by atoms with E-state index in [2.05, 4.69) is 0 Å². The lowest BCUT2D eigenvalue weighted by Gasteiger charge is -2.27. The van der Waals surface area contributed by atoms with Gasteiger partial charge in [0.15, 0.2) is 0 Å². The maximum atomic E-state index is 13.0. The van der Waals surface area contributed by atoms with Crippen molar-refractivity contribution in [3.8, 4) is 0 Å². The van der Waals surface area contributed by atoms with Crippen LogP contribution in [0.3, 0.4) is 0 Å². The molecule has 3 heteroatoms. The van der Waals surface area contributed by atoms with Gasteiger partial charge in [0.05, 0.1) is 6.61 Å². The minimum Gasteiger partial charge on any atom is -0.384 e. The highest BCUT2D eigenvalue weighted by Gasteiger charge is 2.33. The Morgan fingerprint density at radius 3 is 2.73 bits per heavy atom.